The van der Waals surface area contributed by atoms with Crippen molar-refractivity contribution in [1.82, 2.24) is 4.31 Å². The molecule has 1 aliphatic rings. The van der Waals surface area contributed by atoms with Crippen LogP contribution in [-0.4, -0.2) is 38.4 Å². The molecule has 0 aromatic heterocycles. The van der Waals surface area contributed by atoms with Gasteiger partial charge in [0.2, 0.25) is 10.0 Å². The molecular weight excluding hydrogens is 423 g/mol. The van der Waals surface area contributed by atoms with Crippen molar-refractivity contribution >= 4 is 15.7 Å². The van der Waals surface area contributed by atoms with Gasteiger partial charge in [-0.2, -0.15) is 4.31 Å². The van der Waals surface area contributed by atoms with Crippen molar-refractivity contribution < 1.29 is 12.8 Å². The summed E-state index contributed by atoms with van der Waals surface area (Å²) in [4.78, 5) is 2.18. The quantitative estimate of drug-likeness (QED) is 0.417. The van der Waals surface area contributed by atoms with Crippen LogP contribution >= 0.6 is 0 Å². The van der Waals surface area contributed by atoms with Crippen LogP contribution in [0.2, 0.25) is 0 Å². The first kappa shape index (κ1) is 24.0. The molecule has 1 aliphatic heterocycles. The largest absolute Gasteiger partial charge is 0.366 e. The van der Waals surface area contributed by atoms with Crippen LogP contribution in [-0.2, 0) is 16.4 Å². The fraction of sp³-hybridized carbons (Fsp3) is 0.385. The number of hydrogen-bond acceptors (Lipinski definition) is 3. The monoisotopic (exact) mass is 454 g/mol. The Kier molecular flexibility index (Phi) is 8.90. The van der Waals surface area contributed by atoms with E-state index in [0.717, 1.165) is 36.9 Å². The number of benzene rings is 2. The van der Waals surface area contributed by atoms with Gasteiger partial charge in [-0.1, -0.05) is 61.9 Å². The number of hydrogen-bond donors (Lipinski definition) is 0. The van der Waals surface area contributed by atoms with Gasteiger partial charge in [-0.25, -0.2) is 12.8 Å². The molecule has 0 aliphatic carbocycles. The highest BCUT2D eigenvalue weighted by molar-refractivity contribution is 7.92. The molecular formula is C26H31FN2O2S. The number of anilines is 1. The Balaban J connectivity index is 1.73. The number of unbranched alkanes of at least 4 members (excludes halogenated alkanes) is 3. The van der Waals surface area contributed by atoms with Crippen LogP contribution in [0, 0.1) is 17.7 Å². The van der Waals surface area contributed by atoms with Crippen molar-refractivity contribution in [2.45, 2.75) is 45.1 Å². The van der Waals surface area contributed by atoms with Crippen molar-refractivity contribution in [3.63, 3.8) is 0 Å². The van der Waals surface area contributed by atoms with Gasteiger partial charge in [0.05, 0.1) is 5.41 Å². The van der Waals surface area contributed by atoms with E-state index in [4.69, 9.17) is 0 Å². The second-order valence-electron chi connectivity index (χ2n) is 8.00. The van der Waals surface area contributed by atoms with Crippen molar-refractivity contribution in [1.29, 1.82) is 0 Å². The van der Waals surface area contributed by atoms with Crippen LogP contribution in [0.25, 0.3) is 0 Å². The van der Waals surface area contributed by atoms with Crippen molar-refractivity contribution in [3.05, 3.63) is 77.5 Å². The van der Waals surface area contributed by atoms with E-state index in [1.807, 2.05) is 30.3 Å². The molecule has 0 radical (unpaired) electrons. The molecule has 1 atom stereocenters. The molecule has 1 saturated heterocycles. The maximum atomic E-state index is 13.4. The van der Waals surface area contributed by atoms with Gasteiger partial charge in [0.25, 0.3) is 0 Å². The standard InChI is InChI=1S/C26H31FN2O2S/c1-2-3-4-5-6-7-11-20-32(30,31)28-18-19-29(25-16-14-24(27)15-17-25)26(22-28)21-23-12-9-8-10-13-23/h8-17,20,26H,2-5,18-19,21-22H2,1H3. The predicted molar refractivity (Wildman–Crippen MR) is 129 cm³/mol. The Labute approximate surface area is 191 Å². The Morgan fingerprint density at radius 3 is 2.53 bits per heavy atom. The van der Waals surface area contributed by atoms with Crippen LogP contribution in [0.4, 0.5) is 10.1 Å². The van der Waals surface area contributed by atoms with E-state index in [9.17, 15) is 12.8 Å². The zero-order valence-corrected chi connectivity index (χ0v) is 19.4. The molecule has 1 unspecified atom stereocenters. The van der Waals surface area contributed by atoms with Gasteiger partial charge in [0.15, 0.2) is 0 Å². The summed E-state index contributed by atoms with van der Waals surface area (Å²) >= 11 is 0. The number of allylic oxidation sites excluding steroid dienone is 1. The fourth-order valence-corrected chi connectivity index (χ4v) is 5.02. The van der Waals surface area contributed by atoms with Gasteiger partial charge < -0.3 is 4.90 Å². The number of nitrogens with zero attached hydrogens (tertiary/aromatic N) is 2. The first-order valence-corrected chi connectivity index (χ1v) is 12.7. The second kappa shape index (κ2) is 11.8. The van der Waals surface area contributed by atoms with E-state index in [1.165, 1.54) is 27.9 Å². The molecule has 0 amide bonds. The minimum atomic E-state index is -3.55. The minimum absolute atomic E-state index is 0.0556. The Morgan fingerprint density at radius 1 is 1.06 bits per heavy atom. The van der Waals surface area contributed by atoms with Gasteiger partial charge in [0.1, 0.15) is 5.82 Å². The molecule has 0 bridgehead atoms. The lowest BCUT2D eigenvalue weighted by atomic mass is 10.0. The molecule has 1 fully saturated rings. The van der Waals surface area contributed by atoms with Crippen LogP contribution in [0.5, 0.6) is 0 Å². The molecule has 3 rings (SSSR count). The number of sulfonamides is 1. The molecule has 170 valence electrons. The topological polar surface area (TPSA) is 40.6 Å². The van der Waals surface area contributed by atoms with Gasteiger partial charge in [0, 0.05) is 43.9 Å². The molecule has 0 saturated carbocycles. The van der Waals surface area contributed by atoms with E-state index >= 15 is 0 Å². The zero-order valence-electron chi connectivity index (χ0n) is 18.6. The third-order valence-corrected chi connectivity index (χ3v) is 7.14. The zero-order chi connectivity index (χ0) is 22.8. The highest BCUT2D eigenvalue weighted by Gasteiger charge is 2.32. The normalized spacial score (nSPS) is 17.3. The maximum Gasteiger partial charge on any atom is 0.236 e. The van der Waals surface area contributed by atoms with Crippen LogP contribution in [0.15, 0.2) is 66.1 Å². The molecule has 0 spiro atoms. The molecule has 2 aromatic rings. The molecule has 1 heterocycles. The van der Waals surface area contributed by atoms with Gasteiger partial charge >= 0.3 is 0 Å². The third-order valence-electron chi connectivity index (χ3n) is 5.61. The summed E-state index contributed by atoms with van der Waals surface area (Å²) in [7, 11) is -3.55. The minimum Gasteiger partial charge on any atom is -0.366 e. The van der Waals surface area contributed by atoms with E-state index in [0.29, 0.717) is 26.1 Å². The summed E-state index contributed by atoms with van der Waals surface area (Å²) in [6.07, 6.45) is 6.24. The third kappa shape index (κ3) is 6.94. The summed E-state index contributed by atoms with van der Waals surface area (Å²) in [5, 5.41) is 1.22. The van der Waals surface area contributed by atoms with Gasteiger partial charge in [-0.15, -0.1) is 0 Å². The lowest BCUT2D eigenvalue weighted by Crippen LogP contribution is -2.55. The number of piperazine rings is 1. The van der Waals surface area contributed by atoms with Crippen molar-refractivity contribution in [2.24, 2.45) is 0 Å². The number of rotatable bonds is 8. The second-order valence-corrected chi connectivity index (χ2v) is 9.82. The highest BCUT2D eigenvalue weighted by Crippen LogP contribution is 2.25. The first-order chi connectivity index (χ1) is 15.5. The fourth-order valence-electron chi connectivity index (χ4n) is 3.89. The van der Waals surface area contributed by atoms with Gasteiger partial charge in [-0.05, 0) is 42.7 Å². The van der Waals surface area contributed by atoms with E-state index < -0.39 is 10.0 Å². The summed E-state index contributed by atoms with van der Waals surface area (Å²) < 4.78 is 40.8. The maximum absolute atomic E-state index is 13.4. The summed E-state index contributed by atoms with van der Waals surface area (Å²) in [5.41, 5.74) is 2.04. The van der Waals surface area contributed by atoms with Crippen LogP contribution in [0.1, 0.15) is 38.2 Å². The van der Waals surface area contributed by atoms with Crippen molar-refractivity contribution in [2.75, 3.05) is 24.5 Å². The number of halogens is 1. The van der Waals surface area contributed by atoms with Crippen LogP contribution < -0.4 is 4.90 Å². The molecule has 32 heavy (non-hydrogen) atoms. The average molecular weight is 455 g/mol. The smallest absolute Gasteiger partial charge is 0.236 e. The predicted octanol–water partition coefficient (Wildman–Crippen LogP) is 4.99. The van der Waals surface area contributed by atoms with Crippen LogP contribution in [0.3, 0.4) is 0 Å². The molecule has 0 N–H and O–H groups in total. The Bertz CT molecular complexity index is 1040. The molecule has 4 nitrogen and oxygen atoms in total. The SMILES string of the molecule is CCCCCC#CC=CS(=O)(=O)N1CCN(c2ccc(F)cc2)C(Cc2ccccc2)C1. The summed E-state index contributed by atoms with van der Waals surface area (Å²) in [6.45, 7) is 3.42. The average Bonchev–Trinajstić information content (AvgIpc) is 2.80. The first-order valence-electron chi connectivity index (χ1n) is 11.2. The lowest BCUT2D eigenvalue weighted by Gasteiger charge is -2.42. The summed E-state index contributed by atoms with van der Waals surface area (Å²) in [5.74, 6) is 5.58. The Morgan fingerprint density at radius 2 is 1.81 bits per heavy atom. The Hall–Kier alpha value is -2.62. The highest BCUT2D eigenvalue weighted by atomic mass is 32.2. The van der Waals surface area contributed by atoms with E-state index in [1.54, 1.807) is 12.1 Å². The van der Waals surface area contributed by atoms with E-state index in [2.05, 4.69) is 23.7 Å². The molecule has 2 aromatic carbocycles. The lowest BCUT2D eigenvalue weighted by molar-refractivity contribution is 0.334. The molecule has 6 heteroatoms. The van der Waals surface area contributed by atoms with E-state index in [-0.39, 0.29) is 11.9 Å². The van der Waals surface area contributed by atoms with Gasteiger partial charge in [-0.3, -0.25) is 0 Å². The van der Waals surface area contributed by atoms with Crippen molar-refractivity contribution in [3.8, 4) is 11.8 Å². The summed E-state index contributed by atoms with van der Waals surface area (Å²) in [6, 6.07) is 16.4.